The molecule has 1 atom stereocenters. The zero-order chi connectivity index (χ0) is 18.0. The van der Waals surface area contributed by atoms with Gasteiger partial charge < -0.3 is 10.2 Å². The van der Waals surface area contributed by atoms with Gasteiger partial charge in [-0.05, 0) is 32.0 Å². The molecule has 25 heavy (non-hydrogen) atoms. The van der Waals surface area contributed by atoms with Gasteiger partial charge in [0, 0.05) is 31.6 Å². The van der Waals surface area contributed by atoms with E-state index in [1.807, 2.05) is 11.9 Å². The maximum Gasteiger partial charge on any atom is 0.257 e. The molecule has 0 unspecified atom stereocenters. The lowest BCUT2D eigenvalue weighted by molar-refractivity contribution is 0.0698. The molecule has 0 bridgehead atoms. The van der Waals surface area contributed by atoms with E-state index >= 15 is 0 Å². The van der Waals surface area contributed by atoms with Gasteiger partial charge in [-0.2, -0.15) is 5.10 Å². The minimum atomic E-state index is -3.39. The second-order valence-corrected chi connectivity index (χ2v) is 8.28. The number of nitrogens with one attached hydrogen (secondary N) is 1. The number of benzene rings is 1. The van der Waals surface area contributed by atoms with Crippen molar-refractivity contribution in [1.29, 1.82) is 0 Å². The Balaban J connectivity index is 1.87. The number of likely N-dealkylation sites (N-methyl/N-ethyl adjacent to an activating group) is 1. The van der Waals surface area contributed by atoms with Crippen molar-refractivity contribution < 1.29 is 13.2 Å². The molecule has 3 rings (SSSR count). The van der Waals surface area contributed by atoms with Crippen molar-refractivity contribution in [3.63, 3.8) is 0 Å². The lowest BCUT2D eigenvalue weighted by Crippen LogP contribution is -2.46. The second-order valence-electron chi connectivity index (χ2n) is 6.29. The van der Waals surface area contributed by atoms with E-state index < -0.39 is 9.84 Å². The molecule has 0 aliphatic carbocycles. The lowest BCUT2D eigenvalue weighted by atomic mass is 10.1. The number of amides is 1. The normalized spacial score (nSPS) is 18.3. The van der Waals surface area contributed by atoms with Crippen LogP contribution in [-0.2, 0) is 9.84 Å². The van der Waals surface area contributed by atoms with E-state index in [1.54, 1.807) is 24.4 Å². The highest BCUT2D eigenvalue weighted by Crippen LogP contribution is 2.20. The van der Waals surface area contributed by atoms with Crippen LogP contribution in [0, 0.1) is 0 Å². The summed E-state index contributed by atoms with van der Waals surface area (Å²) in [5.41, 5.74) is 0.899. The molecule has 1 aliphatic rings. The van der Waals surface area contributed by atoms with Crippen LogP contribution in [0.15, 0.2) is 41.6 Å². The minimum Gasteiger partial charge on any atom is -0.337 e. The summed E-state index contributed by atoms with van der Waals surface area (Å²) < 4.78 is 25.4. The first-order chi connectivity index (χ1) is 11.9. The minimum absolute atomic E-state index is 0.0805. The van der Waals surface area contributed by atoms with E-state index in [0.717, 1.165) is 25.6 Å². The molecule has 1 saturated heterocycles. The number of rotatable bonds is 4. The van der Waals surface area contributed by atoms with Gasteiger partial charge in [0.05, 0.1) is 22.3 Å². The zero-order valence-electron chi connectivity index (χ0n) is 14.3. The monoisotopic (exact) mass is 362 g/mol. The highest BCUT2D eigenvalue weighted by molar-refractivity contribution is 7.90. The molecule has 0 radical (unpaired) electrons. The van der Waals surface area contributed by atoms with Crippen molar-refractivity contribution in [2.75, 3.05) is 26.4 Å². The van der Waals surface area contributed by atoms with Gasteiger partial charge >= 0.3 is 0 Å². The van der Waals surface area contributed by atoms with Crippen LogP contribution < -0.4 is 5.32 Å². The average Bonchev–Trinajstić information content (AvgIpc) is 3.10. The summed E-state index contributed by atoms with van der Waals surface area (Å²) in [4.78, 5) is 14.7. The van der Waals surface area contributed by atoms with E-state index in [9.17, 15) is 13.2 Å². The number of hydrogen-bond donors (Lipinski definition) is 1. The van der Waals surface area contributed by atoms with Crippen molar-refractivity contribution in [2.24, 2.45) is 0 Å². The molecule has 7 nitrogen and oxygen atoms in total. The Kier molecular flexibility index (Phi) is 4.91. The molecular formula is C17H22N4O3S. The molecule has 134 valence electrons. The molecule has 2 heterocycles. The predicted octanol–water partition coefficient (Wildman–Crippen LogP) is 1.10. The summed E-state index contributed by atoms with van der Waals surface area (Å²) in [6.45, 7) is 1.39. The van der Waals surface area contributed by atoms with E-state index in [2.05, 4.69) is 10.4 Å². The Bertz CT molecular complexity index is 876. The number of hydrogen-bond acceptors (Lipinski definition) is 5. The number of sulfone groups is 1. The molecule has 1 aromatic carbocycles. The number of para-hydroxylation sites is 1. The Labute approximate surface area is 147 Å². The van der Waals surface area contributed by atoms with Gasteiger partial charge in [0.25, 0.3) is 5.91 Å². The molecule has 1 fully saturated rings. The second kappa shape index (κ2) is 6.97. The number of aromatic nitrogens is 2. The summed E-state index contributed by atoms with van der Waals surface area (Å²) in [7, 11) is -1.49. The summed E-state index contributed by atoms with van der Waals surface area (Å²) in [5, 5.41) is 7.42. The standard InChI is InChI=1S/C17H22N4O3S/c1-18-14-6-5-9-20(12-14)17(22)13-10-19-21(11-13)15-7-3-4-8-16(15)25(2,23)24/h3-4,7-8,10-11,14,18H,5-6,9,12H2,1-2H3/t14-/m0/s1. The summed E-state index contributed by atoms with van der Waals surface area (Å²) in [5.74, 6) is -0.0805. The van der Waals surface area contributed by atoms with Gasteiger partial charge in [0.15, 0.2) is 9.84 Å². The number of nitrogens with zero attached hydrogens (tertiary/aromatic N) is 3. The van der Waals surface area contributed by atoms with Crippen molar-refractivity contribution >= 4 is 15.7 Å². The summed E-state index contributed by atoms with van der Waals surface area (Å²) in [6, 6.07) is 6.93. The third-order valence-corrected chi connectivity index (χ3v) is 5.60. The Hall–Kier alpha value is -2.19. The van der Waals surface area contributed by atoms with Crippen molar-refractivity contribution in [2.45, 2.75) is 23.8 Å². The van der Waals surface area contributed by atoms with Crippen molar-refractivity contribution in [1.82, 2.24) is 20.0 Å². The molecular weight excluding hydrogens is 340 g/mol. The van der Waals surface area contributed by atoms with Crippen LogP contribution in [0.1, 0.15) is 23.2 Å². The third-order valence-electron chi connectivity index (χ3n) is 4.46. The first kappa shape index (κ1) is 17.6. The Morgan fingerprint density at radius 3 is 2.80 bits per heavy atom. The van der Waals surface area contributed by atoms with Crippen LogP contribution in [0.4, 0.5) is 0 Å². The topological polar surface area (TPSA) is 84.3 Å². The fourth-order valence-corrected chi connectivity index (χ4v) is 3.97. The molecule has 8 heteroatoms. The molecule has 2 aromatic rings. The van der Waals surface area contributed by atoms with Gasteiger partial charge in [-0.3, -0.25) is 4.79 Å². The van der Waals surface area contributed by atoms with Crippen molar-refractivity contribution in [3.8, 4) is 5.69 Å². The van der Waals surface area contributed by atoms with Crippen LogP contribution in [0.5, 0.6) is 0 Å². The van der Waals surface area contributed by atoms with E-state index in [1.165, 1.54) is 16.9 Å². The predicted molar refractivity (Wildman–Crippen MR) is 94.7 cm³/mol. The molecule has 1 N–H and O–H groups in total. The largest absolute Gasteiger partial charge is 0.337 e. The van der Waals surface area contributed by atoms with Gasteiger partial charge in [0.2, 0.25) is 0 Å². The van der Waals surface area contributed by atoms with Crippen LogP contribution in [0.3, 0.4) is 0 Å². The lowest BCUT2D eigenvalue weighted by Gasteiger charge is -2.32. The molecule has 1 aliphatic heterocycles. The Morgan fingerprint density at radius 2 is 2.08 bits per heavy atom. The molecule has 0 spiro atoms. The highest BCUT2D eigenvalue weighted by atomic mass is 32.2. The fraction of sp³-hybridized carbons (Fsp3) is 0.412. The van der Waals surface area contributed by atoms with Crippen molar-refractivity contribution in [3.05, 3.63) is 42.2 Å². The van der Waals surface area contributed by atoms with Crippen LogP contribution in [0.2, 0.25) is 0 Å². The van der Waals surface area contributed by atoms with E-state index in [-0.39, 0.29) is 10.8 Å². The van der Waals surface area contributed by atoms with Crippen LogP contribution in [0.25, 0.3) is 5.69 Å². The first-order valence-electron chi connectivity index (χ1n) is 8.21. The quantitative estimate of drug-likeness (QED) is 0.880. The number of carbonyl (C=O) groups excluding carboxylic acids is 1. The maximum absolute atomic E-state index is 12.7. The third kappa shape index (κ3) is 3.74. The van der Waals surface area contributed by atoms with E-state index in [4.69, 9.17) is 0 Å². The SMILES string of the molecule is CN[C@H]1CCCN(C(=O)c2cnn(-c3ccccc3S(C)(=O)=O)c2)C1. The molecule has 1 aromatic heterocycles. The smallest absolute Gasteiger partial charge is 0.257 e. The van der Waals surface area contributed by atoms with Crippen LogP contribution >= 0.6 is 0 Å². The molecule has 0 saturated carbocycles. The summed E-state index contributed by atoms with van der Waals surface area (Å²) in [6.07, 6.45) is 6.26. The van der Waals surface area contributed by atoms with Gasteiger partial charge in [-0.1, -0.05) is 12.1 Å². The number of carbonyl (C=O) groups is 1. The Morgan fingerprint density at radius 1 is 1.32 bits per heavy atom. The zero-order valence-corrected chi connectivity index (χ0v) is 15.2. The van der Waals surface area contributed by atoms with Gasteiger partial charge in [-0.25, -0.2) is 13.1 Å². The number of likely N-dealkylation sites (tertiary alicyclic amines) is 1. The maximum atomic E-state index is 12.7. The molecule has 1 amide bonds. The highest BCUT2D eigenvalue weighted by Gasteiger charge is 2.25. The number of piperidine rings is 1. The fourth-order valence-electron chi connectivity index (χ4n) is 3.10. The van der Waals surface area contributed by atoms with E-state index in [0.29, 0.717) is 23.8 Å². The van der Waals surface area contributed by atoms with Gasteiger partial charge in [0.1, 0.15) is 0 Å². The van der Waals surface area contributed by atoms with Gasteiger partial charge in [-0.15, -0.1) is 0 Å². The average molecular weight is 362 g/mol. The van der Waals surface area contributed by atoms with Crippen LogP contribution in [-0.4, -0.2) is 61.4 Å². The summed E-state index contributed by atoms with van der Waals surface area (Å²) >= 11 is 0. The first-order valence-corrected chi connectivity index (χ1v) is 10.1.